The fourth-order valence-corrected chi connectivity index (χ4v) is 2.28. The Labute approximate surface area is 122 Å². The summed E-state index contributed by atoms with van der Waals surface area (Å²) >= 11 is 1.70. The van der Waals surface area contributed by atoms with Crippen molar-refractivity contribution in [2.75, 3.05) is 39.5 Å². The second-order valence-corrected chi connectivity index (χ2v) is 5.34. The van der Waals surface area contributed by atoms with Crippen molar-refractivity contribution in [1.82, 2.24) is 10.6 Å². The summed E-state index contributed by atoms with van der Waals surface area (Å²) in [6, 6.07) is 0.710. The van der Waals surface area contributed by atoms with Crippen LogP contribution < -0.4 is 10.6 Å². The van der Waals surface area contributed by atoms with Gasteiger partial charge in [-0.1, -0.05) is 12.8 Å². The van der Waals surface area contributed by atoms with Crippen LogP contribution in [0.2, 0.25) is 0 Å². The number of amides is 1. The minimum Gasteiger partial charge on any atom is -0.378 e. The molecule has 0 saturated heterocycles. The van der Waals surface area contributed by atoms with Gasteiger partial charge >= 0.3 is 0 Å². The first-order valence-electron chi connectivity index (χ1n) is 6.61. The third kappa shape index (κ3) is 9.07. The Morgan fingerprint density at radius 2 is 1.67 bits per heavy atom. The molecule has 5 nitrogen and oxygen atoms in total. The number of carbonyl (C=O) groups excluding carboxylic acids is 1. The molecule has 0 aromatic carbocycles. The van der Waals surface area contributed by atoms with E-state index in [0.717, 1.165) is 13.2 Å². The number of rotatable bonds is 10. The van der Waals surface area contributed by atoms with Gasteiger partial charge in [0.05, 0.1) is 26.4 Å². The largest absolute Gasteiger partial charge is 0.378 e. The summed E-state index contributed by atoms with van der Waals surface area (Å²) in [5, 5.41) is 6.15. The van der Waals surface area contributed by atoms with Crippen LogP contribution in [0.4, 0.5) is 4.79 Å². The van der Waals surface area contributed by atoms with Crippen LogP contribution in [0.3, 0.4) is 0 Å². The highest BCUT2D eigenvalue weighted by Crippen LogP contribution is 2.17. The molecular weight excluding hydrogens is 347 g/mol. The van der Waals surface area contributed by atoms with Gasteiger partial charge in [0.2, 0.25) is 0 Å². The van der Waals surface area contributed by atoms with E-state index in [9.17, 15) is 4.79 Å². The predicted molar refractivity (Wildman–Crippen MR) is 79.3 cm³/mol. The summed E-state index contributed by atoms with van der Waals surface area (Å²) in [5.41, 5.74) is 0. The number of nitrogens with one attached hydrogen (secondary N) is 2. The zero-order valence-corrected chi connectivity index (χ0v) is 12.9. The highest BCUT2D eigenvalue weighted by molar-refractivity contribution is 14.1. The van der Waals surface area contributed by atoms with Crippen LogP contribution in [0.1, 0.15) is 25.7 Å². The van der Waals surface area contributed by atoms with Crippen LogP contribution in [-0.2, 0) is 9.47 Å². The third-order valence-electron chi connectivity index (χ3n) is 2.92. The van der Waals surface area contributed by atoms with E-state index in [1.165, 1.54) is 25.7 Å². The van der Waals surface area contributed by atoms with Gasteiger partial charge in [0.1, 0.15) is 0 Å². The van der Waals surface area contributed by atoms with Crippen molar-refractivity contribution in [2.24, 2.45) is 0 Å². The highest BCUT2D eigenvalue weighted by atomic mass is 127. The molecule has 0 aliphatic heterocycles. The van der Waals surface area contributed by atoms with E-state index < -0.39 is 0 Å². The molecule has 1 aliphatic carbocycles. The second kappa shape index (κ2) is 11.0. The topological polar surface area (TPSA) is 59.6 Å². The number of ether oxygens (including phenoxy) is 2. The SMILES string of the molecule is O=C(I)NCCOCCOCCNC1CCCC1. The minimum atomic E-state index is -0.0505. The Bertz CT molecular complexity index is 223. The van der Waals surface area contributed by atoms with Crippen molar-refractivity contribution in [2.45, 2.75) is 31.7 Å². The van der Waals surface area contributed by atoms with E-state index in [1.807, 2.05) is 0 Å². The van der Waals surface area contributed by atoms with Crippen LogP contribution in [0.5, 0.6) is 0 Å². The molecule has 1 fully saturated rings. The summed E-state index contributed by atoms with van der Waals surface area (Å²) < 4.78 is 10.7. The van der Waals surface area contributed by atoms with Crippen molar-refractivity contribution in [1.29, 1.82) is 0 Å². The quantitative estimate of drug-likeness (QED) is 0.266. The van der Waals surface area contributed by atoms with Crippen molar-refractivity contribution >= 4 is 26.5 Å². The lowest BCUT2D eigenvalue weighted by Crippen LogP contribution is -2.29. The molecule has 1 rings (SSSR count). The van der Waals surface area contributed by atoms with Gasteiger partial charge in [0.15, 0.2) is 0 Å². The average molecular weight is 370 g/mol. The lowest BCUT2D eigenvalue weighted by atomic mass is 10.2. The molecular formula is C12H23IN2O3. The van der Waals surface area contributed by atoms with Gasteiger partial charge in [0, 0.05) is 41.7 Å². The molecule has 1 aliphatic rings. The van der Waals surface area contributed by atoms with Gasteiger partial charge in [-0.3, -0.25) is 4.79 Å². The maximum atomic E-state index is 10.5. The Morgan fingerprint density at radius 1 is 1.06 bits per heavy atom. The number of hydrogen-bond acceptors (Lipinski definition) is 4. The Morgan fingerprint density at radius 3 is 2.28 bits per heavy atom. The van der Waals surface area contributed by atoms with Gasteiger partial charge in [-0.05, 0) is 12.8 Å². The molecule has 2 N–H and O–H groups in total. The smallest absolute Gasteiger partial charge is 0.280 e. The lowest BCUT2D eigenvalue weighted by molar-refractivity contribution is 0.0501. The summed E-state index contributed by atoms with van der Waals surface area (Å²) in [6.07, 6.45) is 5.34. The first-order chi connectivity index (χ1) is 8.79. The lowest BCUT2D eigenvalue weighted by Gasteiger charge is -2.11. The molecule has 0 aromatic rings. The van der Waals surface area contributed by atoms with Crippen molar-refractivity contribution in [3.05, 3.63) is 0 Å². The summed E-state index contributed by atoms with van der Waals surface area (Å²) in [5.74, 6) is 0. The molecule has 0 heterocycles. The Hall–Kier alpha value is 0.0800. The first-order valence-corrected chi connectivity index (χ1v) is 7.69. The number of carbonyl (C=O) groups is 1. The average Bonchev–Trinajstić information content (AvgIpc) is 2.84. The summed E-state index contributed by atoms with van der Waals surface area (Å²) in [6.45, 7) is 3.97. The zero-order chi connectivity index (χ0) is 13.1. The molecule has 0 spiro atoms. The minimum absolute atomic E-state index is 0.0505. The standard InChI is InChI=1S/C12H23IN2O3/c13-12(16)15-6-8-18-10-9-17-7-5-14-11-3-1-2-4-11/h11,14H,1-10H2,(H,15,16). The molecule has 1 amide bonds. The van der Waals surface area contributed by atoms with E-state index in [0.29, 0.717) is 32.4 Å². The summed E-state index contributed by atoms with van der Waals surface area (Å²) in [7, 11) is 0. The maximum absolute atomic E-state index is 10.5. The molecule has 106 valence electrons. The predicted octanol–water partition coefficient (Wildman–Crippen LogP) is 1.70. The van der Waals surface area contributed by atoms with Gasteiger partial charge in [-0.15, -0.1) is 0 Å². The van der Waals surface area contributed by atoms with Crippen molar-refractivity contribution in [3.63, 3.8) is 0 Å². The Balaban J connectivity index is 1.72. The van der Waals surface area contributed by atoms with Crippen molar-refractivity contribution in [3.8, 4) is 0 Å². The van der Waals surface area contributed by atoms with Crippen LogP contribution in [0, 0.1) is 0 Å². The molecule has 0 aromatic heterocycles. The number of halogens is 1. The molecule has 1 saturated carbocycles. The molecule has 0 radical (unpaired) electrons. The Kier molecular flexibility index (Phi) is 9.82. The van der Waals surface area contributed by atoms with Crippen LogP contribution >= 0.6 is 22.6 Å². The van der Waals surface area contributed by atoms with Crippen LogP contribution in [0.15, 0.2) is 0 Å². The van der Waals surface area contributed by atoms with Gasteiger partial charge in [-0.2, -0.15) is 0 Å². The second-order valence-electron chi connectivity index (χ2n) is 4.36. The van der Waals surface area contributed by atoms with Gasteiger partial charge < -0.3 is 20.1 Å². The van der Waals surface area contributed by atoms with Crippen LogP contribution in [-0.4, -0.2) is 49.5 Å². The fraction of sp³-hybridized carbons (Fsp3) is 0.917. The zero-order valence-electron chi connectivity index (χ0n) is 10.8. The molecule has 18 heavy (non-hydrogen) atoms. The molecule has 0 atom stereocenters. The third-order valence-corrected chi connectivity index (χ3v) is 3.30. The molecule has 0 unspecified atom stereocenters. The van der Waals surface area contributed by atoms with E-state index in [4.69, 9.17) is 9.47 Å². The summed E-state index contributed by atoms with van der Waals surface area (Å²) in [4.78, 5) is 10.5. The van der Waals surface area contributed by atoms with E-state index in [1.54, 1.807) is 22.6 Å². The van der Waals surface area contributed by atoms with Gasteiger partial charge in [-0.25, -0.2) is 0 Å². The first kappa shape index (κ1) is 16.1. The van der Waals surface area contributed by atoms with E-state index >= 15 is 0 Å². The van der Waals surface area contributed by atoms with E-state index in [2.05, 4.69) is 10.6 Å². The normalized spacial score (nSPS) is 16.1. The number of hydrogen-bond donors (Lipinski definition) is 2. The van der Waals surface area contributed by atoms with Crippen LogP contribution in [0.25, 0.3) is 0 Å². The molecule has 6 heteroatoms. The van der Waals surface area contributed by atoms with Crippen molar-refractivity contribution < 1.29 is 14.3 Å². The van der Waals surface area contributed by atoms with E-state index in [-0.39, 0.29) is 3.91 Å². The molecule has 0 bridgehead atoms. The highest BCUT2D eigenvalue weighted by Gasteiger charge is 2.12. The van der Waals surface area contributed by atoms with Gasteiger partial charge in [0.25, 0.3) is 3.91 Å². The maximum Gasteiger partial charge on any atom is 0.280 e. The monoisotopic (exact) mass is 370 g/mol. The fourth-order valence-electron chi connectivity index (χ4n) is 2.01.